The Morgan fingerprint density at radius 1 is 1.08 bits per heavy atom. The molecule has 0 aromatic heterocycles. The zero-order valence-electron chi connectivity index (χ0n) is 20.0. The molecule has 1 unspecified atom stereocenters. The number of carbonyl (C=O) groups is 1. The molecule has 0 fully saturated rings. The third kappa shape index (κ3) is 6.24. The molecule has 0 aliphatic carbocycles. The lowest BCUT2D eigenvalue weighted by molar-refractivity contribution is 0.0553. The Balaban J connectivity index is 1.45. The summed E-state index contributed by atoms with van der Waals surface area (Å²) >= 11 is 0. The van der Waals surface area contributed by atoms with E-state index in [1.54, 1.807) is 36.4 Å². The maximum Gasteiger partial charge on any atom is 0.411 e. The van der Waals surface area contributed by atoms with Crippen molar-refractivity contribution in [1.82, 2.24) is 0 Å². The van der Waals surface area contributed by atoms with E-state index < -0.39 is 22.3 Å². The number of fused-ring (bicyclic) bond motifs is 1. The van der Waals surface area contributed by atoms with Gasteiger partial charge in [-0.2, -0.15) is 8.42 Å². The first kappa shape index (κ1) is 25.3. The van der Waals surface area contributed by atoms with E-state index in [2.05, 4.69) is 5.32 Å². The lowest BCUT2D eigenvalue weighted by atomic mass is 10.1. The second-order valence-electron chi connectivity index (χ2n) is 8.14. The second kappa shape index (κ2) is 11.3. The number of hydrogen-bond donors (Lipinski definition) is 1. The Kier molecular flexibility index (Phi) is 7.92. The van der Waals surface area contributed by atoms with Gasteiger partial charge in [0, 0.05) is 5.56 Å². The Labute approximate surface area is 210 Å². The standard InChI is InChI=1S/C27H27NO7S/c1-3-7-23-24(28-27(29)33-16-20-8-5-4-6-9-20)14-15-25-26(23)35-21(17-32-25)18-34-36(30,31)22-12-10-19(2)11-13-22/h3-15,21H,16-18H2,1-2H3,(H,28,29)/b7-3+. The number of anilines is 1. The van der Waals surface area contributed by atoms with Crippen LogP contribution in [-0.2, 0) is 25.6 Å². The summed E-state index contributed by atoms with van der Waals surface area (Å²) in [5, 5.41) is 2.74. The zero-order chi connectivity index (χ0) is 25.5. The smallest absolute Gasteiger partial charge is 0.411 e. The number of nitrogens with one attached hydrogen (secondary N) is 1. The van der Waals surface area contributed by atoms with E-state index in [0.717, 1.165) is 11.1 Å². The van der Waals surface area contributed by atoms with Gasteiger partial charge >= 0.3 is 6.09 Å². The minimum Gasteiger partial charge on any atom is -0.486 e. The summed E-state index contributed by atoms with van der Waals surface area (Å²) in [4.78, 5) is 12.5. The maximum atomic E-state index is 12.5. The molecule has 4 rings (SSSR count). The van der Waals surface area contributed by atoms with Crippen LogP contribution in [0.5, 0.6) is 11.5 Å². The van der Waals surface area contributed by atoms with Gasteiger partial charge < -0.3 is 14.2 Å². The van der Waals surface area contributed by atoms with Gasteiger partial charge in [0.15, 0.2) is 17.6 Å². The van der Waals surface area contributed by atoms with Crippen LogP contribution in [-0.4, -0.2) is 33.8 Å². The fraction of sp³-hybridized carbons (Fsp3) is 0.222. The molecule has 0 spiro atoms. The van der Waals surface area contributed by atoms with Gasteiger partial charge in [-0.1, -0.05) is 60.2 Å². The predicted molar refractivity (Wildman–Crippen MR) is 136 cm³/mol. The molecule has 0 saturated carbocycles. The van der Waals surface area contributed by atoms with Crippen LogP contribution in [0.15, 0.2) is 77.7 Å². The van der Waals surface area contributed by atoms with Crippen LogP contribution in [0.25, 0.3) is 6.08 Å². The summed E-state index contributed by atoms with van der Waals surface area (Å²) in [5.41, 5.74) is 2.84. The van der Waals surface area contributed by atoms with Crippen molar-refractivity contribution in [3.05, 3.63) is 89.5 Å². The number of benzene rings is 3. The molecule has 1 N–H and O–H groups in total. The van der Waals surface area contributed by atoms with E-state index in [1.165, 1.54) is 12.1 Å². The monoisotopic (exact) mass is 509 g/mol. The van der Waals surface area contributed by atoms with E-state index >= 15 is 0 Å². The number of ether oxygens (including phenoxy) is 3. The van der Waals surface area contributed by atoms with Crippen molar-refractivity contribution in [2.24, 2.45) is 0 Å². The van der Waals surface area contributed by atoms with Crippen molar-refractivity contribution in [2.45, 2.75) is 31.5 Å². The first-order valence-corrected chi connectivity index (χ1v) is 12.8. The summed E-state index contributed by atoms with van der Waals surface area (Å²) < 4.78 is 47.5. The van der Waals surface area contributed by atoms with Crippen molar-refractivity contribution >= 4 is 28.0 Å². The Bertz CT molecular complexity index is 1340. The molecule has 1 aliphatic heterocycles. The maximum absolute atomic E-state index is 12.5. The number of allylic oxidation sites excluding steroid dienone is 1. The van der Waals surface area contributed by atoms with Crippen LogP contribution in [0, 0.1) is 6.92 Å². The minimum absolute atomic E-state index is 0.0698. The molecule has 0 saturated heterocycles. The average Bonchev–Trinajstić information content (AvgIpc) is 2.88. The first-order valence-electron chi connectivity index (χ1n) is 11.4. The molecule has 188 valence electrons. The van der Waals surface area contributed by atoms with E-state index in [-0.39, 0.29) is 24.7 Å². The highest BCUT2D eigenvalue weighted by molar-refractivity contribution is 7.86. The number of amides is 1. The highest BCUT2D eigenvalue weighted by Gasteiger charge is 2.27. The summed E-state index contributed by atoms with van der Waals surface area (Å²) in [5.74, 6) is 0.852. The molecular formula is C27H27NO7S. The normalized spacial score (nSPS) is 15.0. The quantitative estimate of drug-likeness (QED) is 0.410. The summed E-state index contributed by atoms with van der Waals surface area (Å²) in [6.45, 7) is 3.70. The number of rotatable bonds is 8. The highest BCUT2D eigenvalue weighted by atomic mass is 32.2. The van der Waals surface area contributed by atoms with Crippen molar-refractivity contribution in [2.75, 3.05) is 18.5 Å². The minimum atomic E-state index is -3.95. The van der Waals surface area contributed by atoms with Gasteiger partial charge in [-0.3, -0.25) is 9.50 Å². The molecule has 1 heterocycles. The Morgan fingerprint density at radius 3 is 2.56 bits per heavy atom. The fourth-order valence-electron chi connectivity index (χ4n) is 3.53. The SMILES string of the molecule is C/C=C/c1c(NC(=O)OCc2ccccc2)ccc2c1OC(COS(=O)(=O)c1ccc(C)cc1)CO2. The molecule has 1 atom stereocenters. The van der Waals surface area contributed by atoms with Gasteiger partial charge in [0.2, 0.25) is 0 Å². The van der Waals surface area contributed by atoms with Crippen LogP contribution in [0.2, 0.25) is 0 Å². The molecule has 0 bridgehead atoms. The molecule has 8 nitrogen and oxygen atoms in total. The Hall–Kier alpha value is -3.82. The predicted octanol–water partition coefficient (Wildman–Crippen LogP) is 5.32. The summed E-state index contributed by atoms with van der Waals surface area (Å²) in [6, 6.07) is 19.1. The number of aryl methyl sites for hydroxylation is 1. The van der Waals surface area contributed by atoms with Crippen LogP contribution < -0.4 is 14.8 Å². The van der Waals surface area contributed by atoms with Crippen molar-refractivity contribution in [3.8, 4) is 11.5 Å². The van der Waals surface area contributed by atoms with Gasteiger partial charge in [-0.05, 0) is 43.7 Å². The van der Waals surface area contributed by atoms with Gasteiger partial charge in [0.25, 0.3) is 10.1 Å². The van der Waals surface area contributed by atoms with Gasteiger partial charge in [0.1, 0.15) is 19.8 Å². The van der Waals surface area contributed by atoms with Crippen LogP contribution in [0.1, 0.15) is 23.6 Å². The fourth-order valence-corrected chi connectivity index (χ4v) is 4.47. The van der Waals surface area contributed by atoms with E-state index in [4.69, 9.17) is 18.4 Å². The lowest BCUT2D eigenvalue weighted by Gasteiger charge is -2.28. The van der Waals surface area contributed by atoms with Crippen molar-refractivity contribution in [1.29, 1.82) is 0 Å². The molecular weight excluding hydrogens is 482 g/mol. The van der Waals surface area contributed by atoms with E-state index in [0.29, 0.717) is 22.7 Å². The third-order valence-corrected chi connectivity index (χ3v) is 6.67. The van der Waals surface area contributed by atoms with Crippen LogP contribution in [0.3, 0.4) is 0 Å². The molecule has 9 heteroatoms. The molecule has 1 amide bonds. The van der Waals surface area contributed by atoms with E-state index in [1.807, 2.05) is 44.2 Å². The lowest BCUT2D eigenvalue weighted by Crippen LogP contribution is -2.34. The molecule has 3 aromatic rings. The molecule has 1 aliphatic rings. The van der Waals surface area contributed by atoms with Crippen LogP contribution in [0.4, 0.5) is 10.5 Å². The van der Waals surface area contributed by atoms with Crippen LogP contribution >= 0.6 is 0 Å². The summed E-state index contributed by atoms with van der Waals surface area (Å²) in [7, 11) is -3.95. The highest BCUT2D eigenvalue weighted by Crippen LogP contribution is 2.40. The molecule has 3 aromatic carbocycles. The van der Waals surface area contributed by atoms with Gasteiger partial charge in [0.05, 0.1) is 10.6 Å². The van der Waals surface area contributed by atoms with E-state index in [9.17, 15) is 13.2 Å². The molecule has 36 heavy (non-hydrogen) atoms. The first-order chi connectivity index (χ1) is 17.4. The topological polar surface area (TPSA) is 100 Å². The second-order valence-corrected chi connectivity index (χ2v) is 9.76. The number of hydrogen-bond acceptors (Lipinski definition) is 7. The van der Waals surface area contributed by atoms with Gasteiger partial charge in [-0.15, -0.1) is 0 Å². The molecule has 0 radical (unpaired) electrons. The third-order valence-electron chi connectivity index (χ3n) is 5.37. The zero-order valence-corrected chi connectivity index (χ0v) is 20.8. The summed E-state index contributed by atoms with van der Waals surface area (Å²) in [6.07, 6.45) is 2.26. The van der Waals surface area contributed by atoms with Crippen molar-refractivity contribution in [3.63, 3.8) is 0 Å². The largest absolute Gasteiger partial charge is 0.486 e. The Morgan fingerprint density at radius 2 is 1.83 bits per heavy atom. The van der Waals surface area contributed by atoms with Crippen molar-refractivity contribution < 1.29 is 31.6 Å². The number of carbonyl (C=O) groups excluding carboxylic acids is 1. The van der Waals surface area contributed by atoms with Gasteiger partial charge in [-0.25, -0.2) is 4.79 Å². The average molecular weight is 510 g/mol.